The maximum absolute atomic E-state index is 4.66. The fourth-order valence-electron chi connectivity index (χ4n) is 4.29. The van der Waals surface area contributed by atoms with E-state index in [-0.39, 0.29) is 0 Å². The lowest BCUT2D eigenvalue weighted by Crippen LogP contribution is -2.28. The highest BCUT2D eigenvalue weighted by Crippen LogP contribution is 2.33. The van der Waals surface area contributed by atoms with Gasteiger partial charge in [0.1, 0.15) is 5.03 Å². The van der Waals surface area contributed by atoms with E-state index in [1.54, 1.807) is 11.8 Å². The van der Waals surface area contributed by atoms with Crippen LogP contribution in [0.3, 0.4) is 0 Å². The van der Waals surface area contributed by atoms with Gasteiger partial charge in [0.2, 0.25) is 0 Å². The van der Waals surface area contributed by atoms with Crippen molar-refractivity contribution in [1.82, 2.24) is 10.3 Å². The molecule has 1 aliphatic rings. The van der Waals surface area contributed by atoms with Gasteiger partial charge in [0.15, 0.2) is 0 Å². The number of nitrogens with one attached hydrogen (secondary N) is 1. The molecule has 1 heterocycles. The van der Waals surface area contributed by atoms with Crippen LogP contribution in [-0.2, 0) is 6.42 Å². The van der Waals surface area contributed by atoms with Gasteiger partial charge in [0, 0.05) is 22.8 Å². The molecule has 1 aliphatic carbocycles. The number of pyridine rings is 1. The summed E-state index contributed by atoms with van der Waals surface area (Å²) in [6.07, 6.45) is 16.1. The average molecular weight is 439 g/mol. The molecule has 0 bridgehead atoms. The summed E-state index contributed by atoms with van der Waals surface area (Å²) >= 11 is 1.65. The van der Waals surface area contributed by atoms with Crippen LogP contribution in [0.25, 0.3) is 0 Å². The molecule has 2 nitrogen and oxygen atoms in total. The van der Waals surface area contributed by atoms with E-state index in [2.05, 4.69) is 76.3 Å². The van der Waals surface area contributed by atoms with Crippen LogP contribution in [0.5, 0.6) is 0 Å². The standard InChI is InChI=1S/C28H42N2S/c1-8-12-27(13-9-2)30-23(6)24(7)31-28-22(5)26(16-17-29-28)19-20(3)18-25-15-11-10-14-21(25)4/h14-17,20,27,30H,6-13,18-19H2,1-5H3/t20-/m0/s1. The van der Waals surface area contributed by atoms with Gasteiger partial charge in [-0.2, -0.15) is 0 Å². The van der Waals surface area contributed by atoms with Crippen LogP contribution in [-0.4, -0.2) is 11.0 Å². The molecule has 0 aromatic carbocycles. The van der Waals surface area contributed by atoms with E-state index in [0.717, 1.165) is 28.5 Å². The fraction of sp³-hybridized carbons (Fsp3) is 0.536. The Morgan fingerprint density at radius 2 is 1.77 bits per heavy atom. The Bertz CT molecular complexity index is 812. The number of aromatic nitrogens is 1. The highest BCUT2D eigenvalue weighted by atomic mass is 32.2. The van der Waals surface area contributed by atoms with Crippen molar-refractivity contribution in [3.63, 3.8) is 0 Å². The van der Waals surface area contributed by atoms with Gasteiger partial charge < -0.3 is 5.32 Å². The molecule has 3 heteroatoms. The van der Waals surface area contributed by atoms with E-state index >= 15 is 0 Å². The van der Waals surface area contributed by atoms with Crippen LogP contribution in [0.1, 0.15) is 83.8 Å². The molecule has 1 N–H and O–H groups in total. The predicted octanol–water partition coefficient (Wildman–Crippen LogP) is 8.30. The first-order valence-electron chi connectivity index (χ1n) is 12.0. The van der Waals surface area contributed by atoms with Crippen molar-refractivity contribution in [2.24, 2.45) is 5.92 Å². The summed E-state index contributed by atoms with van der Waals surface area (Å²) < 4.78 is 0. The minimum Gasteiger partial charge on any atom is -0.382 e. The molecule has 0 unspecified atom stereocenters. The molecule has 1 aromatic rings. The number of nitrogens with zero attached hydrogens (tertiary/aromatic N) is 1. The van der Waals surface area contributed by atoms with Crippen molar-refractivity contribution in [2.75, 3.05) is 0 Å². The van der Waals surface area contributed by atoms with Gasteiger partial charge in [0.25, 0.3) is 0 Å². The van der Waals surface area contributed by atoms with Crippen LogP contribution in [0.2, 0.25) is 0 Å². The molecule has 1 atom stereocenters. The molecular weight excluding hydrogens is 396 g/mol. The van der Waals surface area contributed by atoms with Crippen molar-refractivity contribution < 1.29 is 0 Å². The largest absolute Gasteiger partial charge is 0.382 e. The second-order valence-electron chi connectivity index (χ2n) is 9.03. The molecule has 0 spiro atoms. The normalized spacial score (nSPS) is 14.8. The van der Waals surface area contributed by atoms with Crippen LogP contribution in [0.4, 0.5) is 0 Å². The molecule has 0 saturated carbocycles. The fourth-order valence-corrected chi connectivity index (χ4v) is 5.10. The monoisotopic (exact) mass is 438 g/mol. The Labute approximate surface area is 195 Å². The Kier molecular flexibility index (Phi) is 10.7. The summed E-state index contributed by atoms with van der Waals surface area (Å²) in [5, 5.41) is 4.65. The SMILES string of the molecule is C=C(NC(CCC)CCC)C(=C)Sc1nccc(C[C@@H](C)CC2=CCCC=C2C)c1C. The second-order valence-corrected chi connectivity index (χ2v) is 10.1. The van der Waals surface area contributed by atoms with E-state index in [9.17, 15) is 0 Å². The summed E-state index contributed by atoms with van der Waals surface area (Å²) in [6.45, 7) is 19.8. The van der Waals surface area contributed by atoms with Crippen LogP contribution in [0.15, 0.2) is 64.3 Å². The van der Waals surface area contributed by atoms with Gasteiger partial charge in [-0.1, -0.05) is 76.3 Å². The summed E-state index contributed by atoms with van der Waals surface area (Å²) in [5.41, 5.74) is 6.60. The molecule has 0 saturated heterocycles. The van der Waals surface area contributed by atoms with E-state index in [0.29, 0.717) is 12.0 Å². The van der Waals surface area contributed by atoms with Gasteiger partial charge in [-0.15, -0.1) is 0 Å². The molecule has 0 radical (unpaired) electrons. The molecule has 1 aromatic heterocycles. The molecule has 170 valence electrons. The molecular formula is C28H42N2S. The second kappa shape index (κ2) is 13.0. The highest BCUT2D eigenvalue weighted by Gasteiger charge is 2.15. The maximum atomic E-state index is 4.66. The summed E-state index contributed by atoms with van der Waals surface area (Å²) in [6, 6.07) is 2.66. The van der Waals surface area contributed by atoms with Crippen molar-refractivity contribution >= 4 is 11.8 Å². The van der Waals surface area contributed by atoms with Crippen molar-refractivity contribution in [2.45, 2.75) is 97.1 Å². The first-order valence-corrected chi connectivity index (χ1v) is 12.8. The first kappa shape index (κ1) is 25.5. The predicted molar refractivity (Wildman–Crippen MR) is 138 cm³/mol. The molecule has 2 rings (SSSR count). The minimum atomic E-state index is 0.479. The van der Waals surface area contributed by atoms with Crippen LogP contribution in [0, 0.1) is 12.8 Å². The number of hydrogen-bond donors (Lipinski definition) is 1. The van der Waals surface area contributed by atoms with E-state index in [1.807, 2.05) is 6.20 Å². The van der Waals surface area contributed by atoms with E-state index in [4.69, 9.17) is 0 Å². The average Bonchev–Trinajstić information content (AvgIpc) is 2.73. The Morgan fingerprint density at radius 1 is 1.10 bits per heavy atom. The molecule has 0 amide bonds. The third-order valence-electron chi connectivity index (χ3n) is 6.13. The number of thioether (sulfide) groups is 1. The van der Waals surface area contributed by atoms with Crippen molar-refractivity contribution in [3.8, 4) is 0 Å². The molecule has 0 aliphatic heterocycles. The number of hydrogen-bond acceptors (Lipinski definition) is 3. The quantitative estimate of drug-likeness (QED) is 0.247. The molecule has 31 heavy (non-hydrogen) atoms. The van der Waals surface area contributed by atoms with Crippen molar-refractivity contribution in [1.29, 1.82) is 0 Å². The summed E-state index contributed by atoms with van der Waals surface area (Å²) in [5.74, 6) is 0.607. The van der Waals surface area contributed by atoms with Gasteiger partial charge in [-0.3, -0.25) is 0 Å². The summed E-state index contributed by atoms with van der Waals surface area (Å²) in [4.78, 5) is 5.62. The number of allylic oxidation sites excluding steroid dienone is 4. The molecule has 0 fully saturated rings. The Hall–Kier alpha value is -1.74. The third-order valence-corrected chi connectivity index (χ3v) is 7.23. The minimum absolute atomic E-state index is 0.479. The first-order chi connectivity index (χ1) is 14.8. The zero-order valence-corrected chi connectivity index (χ0v) is 21.2. The topological polar surface area (TPSA) is 24.9 Å². The van der Waals surface area contributed by atoms with Crippen LogP contribution < -0.4 is 5.32 Å². The third kappa shape index (κ3) is 8.03. The van der Waals surface area contributed by atoms with Crippen LogP contribution >= 0.6 is 11.8 Å². The van der Waals surface area contributed by atoms with E-state index < -0.39 is 0 Å². The lowest BCUT2D eigenvalue weighted by molar-refractivity contribution is 0.486. The lowest BCUT2D eigenvalue weighted by atomic mass is 9.88. The summed E-state index contributed by atoms with van der Waals surface area (Å²) in [7, 11) is 0. The Morgan fingerprint density at radius 3 is 2.42 bits per heavy atom. The zero-order valence-electron chi connectivity index (χ0n) is 20.4. The van der Waals surface area contributed by atoms with E-state index in [1.165, 1.54) is 60.8 Å². The highest BCUT2D eigenvalue weighted by molar-refractivity contribution is 8.03. The smallest absolute Gasteiger partial charge is 0.104 e. The Balaban J connectivity index is 1.99. The van der Waals surface area contributed by atoms with Crippen molar-refractivity contribution in [3.05, 3.63) is 70.4 Å². The van der Waals surface area contributed by atoms with Gasteiger partial charge in [-0.05, 0) is 81.1 Å². The van der Waals surface area contributed by atoms with Gasteiger partial charge >= 0.3 is 0 Å². The lowest BCUT2D eigenvalue weighted by Gasteiger charge is -2.22. The maximum Gasteiger partial charge on any atom is 0.104 e. The number of rotatable bonds is 13. The van der Waals surface area contributed by atoms with Gasteiger partial charge in [0.05, 0.1) is 0 Å². The van der Waals surface area contributed by atoms with Gasteiger partial charge in [-0.25, -0.2) is 4.98 Å². The zero-order chi connectivity index (χ0) is 22.8.